The summed E-state index contributed by atoms with van der Waals surface area (Å²) in [6.07, 6.45) is 0. The van der Waals surface area contributed by atoms with Crippen molar-refractivity contribution in [2.45, 2.75) is 5.41 Å². The van der Waals surface area contributed by atoms with E-state index in [-0.39, 0.29) is 30.6 Å². The van der Waals surface area contributed by atoms with Crippen molar-refractivity contribution in [1.82, 2.24) is 0 Å². The molecule has 9 heteroatoms. The van der Waals surface area contributed by atoms with Crippen molar-refractivity contribution in [3.05, 3.63) is 65.2 Å². The SMILES string of the molecule is COc1cc(OC)c2c(c1)OC(=O)C(c1ccc3c(c1)OCO3)(c1ccc3c(c1)OCO3)C2=O. The number of ketones is 1. The van der Waals surface area contributed by atoms with Gasteiger partial charge in [0.15, 0.2) is 34.2 Å². The Morgan fingerprint density at radius 2 is 1.29 bits per heavy atom. The number of methoxy groups -OCH3 is 2. The quantitative estimate of drug-likeness (QED) is 0.329. The highest BCUT2D eigenvalue weighted by Crippen LogP contribution is 2.50. The summed E-state index contributed by atoms with van der Waals surface area (Å²) in [5.74, 6) is 1.24. The van der Waals surface area contributed by atoms with E-state index in [0.717, 1.165) is 0 Å². The number of carbonyl (C=O) groups excluding carboxylic acids is 2. The lowest BCUT2D eigenvalue weighted by Crippen LogP contribution is -2.50. The Morgan fingerprint density at radius 1 is 0.706 bits per heavy atom. The lowest BCUT2D eigenvalue weighted by atomic mass is 9.68. The Kier molecular flexibility index (Phi) is 4.35. The van der Waals surface area contributed by atoms with E-state index in [2.05, 4.69) is 0 Å². The highest BCUT2D eigenvalue weighted by atomic mass is 16.7. The van der Waals surface area contributed by atoms with Crippen LogP contribution >= 0.6 is 0 Å². The molecule has 0 radical (unpaired) electrons. The zero-order valence-corrected chi connectivity index (χ0v) is 18.2. The smallest absolute Gasteiger partial charge is 0.334 e. The van der Waals surface area contributed by atoms with Crippen LogP contribution in [0.15, 0.2) is 48.5 Å². The van der Waals surface area contributed by atoms with Crippen molar-refractivity contribution in [3.8, 4) is 40.2 Å². The first-order valence-corrected chi connectivity index (χ1v) is 10.4. The zero-order chi connectivity index (χ0) is 23.4. The molecule has 9 nitrogen and oxygen atoms in total. The predicted octanol–water partition coefficient (Wildman–Crippen LogP) is 3.25. The number of hydrogen-bond acceptors (Lipinski definition) is 9. The topological polar surface area (TPSA) is 98.8 Å². The summed E-state index contributed by atoms with van der Waals surface area (Å²) in [5.41, 5.74) is -1.03. The average molecular weight is 462 g/mol. The van der Waals surface area contributed by atoms with E-state index in [1.54, 1.807) is 42.5 Å². The molecular weight excluding hydrogens is 444 g/mol. The van der Waals surface area contributed by atoms with Crippen LogP contribution in [0.1, 0.15) is 21.5 Å². The minimum atomic E-state index is -1.86. The van der Waals surface area contributed by atoms with Crippen molar-refractivity contribution >= 4 is 11.8 Å². The van der Waals surface area contributed by atoms with Crippen LogP contribution in [0.2, 0.25) is 0 Å². The molecule has 6 rings (SSSR count). The van der Waals surface area contributed by atoms with Gasteiger partial charge < -0.3 is 33.2 Å². The summed E-state index contributed by atoms with van der Waals surface area (Å²) in [7, 11) is 2.90. The minimum Gasteiger partial charge on any atom is -0.496 e. The van der Waals surface area contributed by atoms with E-state index in [1.165, 1.54) is 20.3 Å². The number of Topliss-reactive ketones (excluding diaryl/α,β-unsaturated/α-hetero) is 1. The summed E-state index contributed by atoms with van der Waals surface area (Å²) >= 11 is 0. The summed E-state index contributed by atoms with van der Waals surface area (Å²) in [6.45, 7) is 0.0926. The van der Waals surface area contributed by atoms with Gasteiger partial charge in [0.25, 0.3) is 0 Å². The first-order chi connectivity index (χ1) is 16.6. The lowest BCUT2D eigenvalue weighted by Gasteiger charge is -2.35. The summed E-state index contributed by atoms with van der Waals surface area (Å²) in [5, 5.41) is 0. The second-order valence-corrected chi connectivity index (χ2v) is 7.81. The van der Waals surface area contributed by atoms with E-state index >= 15 is 0 Å². The number of hydrogen-bond donors (Lipinski definition) is 0. The largest absolute Gasteiger partial charge is 0.496 e. The minimum absolute atomic E-state index is 0.0463. The second-order valence-electron chi connectivity index (χ2n) is 7.81. The molecule has 0 fully saturated rings. The molecule has 0 aliphatic carbocycles. The Hall–Kier alpha value is -4.40. The molecule has 0 saturated heterocycles. The van der Waals surface area contributed by atoms with Gasteiger partial charge in [-0.1, -0.05) is 12.1 Å². The van der Waals surface area contributed by atoms with Crippen molar-refractivity contribution < 1.29 is 42.7 Å². The highest BCUT2D eigenvalue weighted by molar-refractivity contribution is 6.25. The third kappa shape index (κ3) is 2.67. The monoisotopic (exact) mass is 462 g/mol. The van der Waals surface area contributed by atoms with Crippen LogP contribution in [0.5, 0.6) is 40.2 Å². The molecule has 34 heavy (non-hydrogen) atoms. The molecule has 3 heterocycles. The molecule has 3 aromatic carbocycles. The van der Waals surface area contributed by atoms with Crippen molar-refractivity contribution in [2.24, 2.45) is 0 Å². The van der Waals surface area contributed by atoms with Crippen molar-refractivity contribution in [1.29, 1.82) is 0 Å². The molecule has 3 aliphatic heterocycles. The van der Waals surface area contributed by atoms with Crippen LogP contribution in [0.4, 0.5) is 0 Å². The van der Waals surface area contributed by atoms with Crippen LogP contribution in [0.3, 0.4) is 0 Å². The van der Waals surface area contributed by atoms with Crippen LogP contribution in [-0.2, 0) is 10.2 Å². The molecule has 3 aliphatic rings. The van der Waals surface area contributed by atoms with E-state index in [1.807, 2.05) is 0 Å². The average Bonchev–Trinajstić information content (AvgIpc) is 3.52. The van der Waals surface area contributed by atoms with E-state index in [9.17, 15) is 9.59 Å². The van der Waals surface area contributed by atoms with Gasteiger partial charge in [0.1, 0.15) is 22.8 Å². The van der Waals surface area contributed by atoms with Gasteiger partial charge in [-0.3, -0.25) is 4.79 Å². The van der Waals surface area contributed by atoms with E-state index in [0.29, 0.717) is 39.9 Å². The number of rotatable bonds is 4. The number of ether oxygens (including phenoxy) is 7. The fourth-order valence-corrected chi connectivity index (χ4v) is 4.53. The predicted molar refractivity (Wildman–Crippen MR) is 115 cm³/mol. The van der Waals surface area contributed by atoms with Gasteiger partial charge in [-0.2, -0.15) is 0 Å². The van der Waals surface area contributed by atoms with Crippen LogP contribution in [-0.4, -0.2) is 39.6 Å². The highest BCUT2D eigenvalue weighted by Gasteiger charge is 2.56. The third-order valence-electron chi connectivity index (χ3n) is 6.18. The Balaban J connectivity index is 1.63. The van der Waals surface area contributed by atoms with Gasteiger partial charge in [-0.05, 0) is 35.4 Å². The molecule has 0 atom stereocenters. The zero-order valence-electron chi connectivity index (χ0n) is 18.2. The second kappa shape index (κ2) is 7.31. The first-order valence-electron chi connectivity index (χ1n) is 10.4. The third-order valence-corrected chi connectivity index (χ3v) is 6.18. The first kappa shape index (κ1) is 20.2. The number of esters is 1. The summed E-state index contributed by atoms with van der Waals surface area (Å²) < 4.78 is 38.4. The van der Waals surface area contributed by atoms with Gasteiger partial charge in [0.2, 0.25) is 13.6 Å². The maximum absolute atomic E-state index is 14.4. The molecule has 0 aromatic heterocycles. The molecule has 0 spiro atoms. The maximum Gasteiger partial charge on any atom is 0.334 e. The van der Waals surface area contributed by atoms with Gasteiger partial charge in [-0.15, -0.1) is 0 Å². The lowest BCUT2D eigenvalue weighted by molar-refractivity contribution is -0.138. The molecule has 172 valence electrons. The fraction of sp³-hybridized carbons (Fsp3) is 0.200. The fourth-order valence-electron chi connectivity index (χ4n) is 4.53. The molecular formula is C25H18O9. The molecule has 3 aromatic rings. The van der Waals surface area contributed by atoms with Gasteiger partial charge in [0.05, 0.1) is 14.2 Å². The standard InChI is InChI=1S/C25H18O9/c1-28-15-9-20(29-2)22-21(10-15)34-24(27)25(23(22)26,13-3-5-16-18(7-13)32-11-30-16)14-4-6-17-19(8-14)33-12-31-17/h3-10H,11-12H2,1-2H3. The van der Waals surface area contributed by atoms with E-state index < -0.39 is 17.2 Å². The molecule has 0 N–H and O–H groups in total. The van der Waals surface area contributed by atoms with Crippen molar-refractivity contribution in [3.63, 3.8) is 0 Å². The van der Waals surface area contributed by atoms with Gasteiger partial charge >= 0.3 is 5.97 Å². The molecule has 0 bridgehead atoms. The molecule has 0 saturated carbocycles. The number of carbonyl (C=O) groups is 2. The Morgan fingerprint density at radius 3 is 1.85 bits per heavy atom. The normalized spacial score (nSPS) is 16.6. The number of fused-ring (bicyclic) bond motifs is 3. The van der Waals surface area contributed by atoms with Crippen LogP contribution in [0, 0.1) is 0 Å². The van der Waals surface area contributed by atoms with Gasteiger partial charge in [0, 0.05) is 12.1 Å². The number of benzene rings is 3. The summed E-state index contributed by atoms with van der Waals surface area (Å²) in [6, 6.07) is 12.9. The van der Waals surface area contributed by atoms with Crippen molar-refractivity contribution in [2.75, 3.05) is 27.8 Å². The van der Waals surface area contributed by atoms with Crippen LogP contribution in [0.25, 0.3) is 0 Å². The molecule has 0 amide bonds. The maximum atomic E-state index is 14.4. The molecule has 0 unspecified atom stereocenters. The Labute approximate surface area is 193 Å². The van der Waals surface area contributed by atoms with Gasteiger partial charge in [-0.25, -0.2) is 4.79 Å². The summed E-state index contributed by atoms with van der Waals surface area (Å²) in [4.78, 5) is 28.2. The van der Waals surface area contributed by atoms with E-state index in [4.69, 9.17) is 33.2 Å². The Bertz CT molecular complexity index is 1300. The van der Waals surface area contributed by atoms with Crippen LogP contribution < -0.4 is 33.2 Å².